The number of aryl methyl sites for hydroxylation is 4. The summed E-state index contributed by atoms with van der Waals surface area (Å²) in [6.45, 7) is 8.72. The molecule has 0 radical (unpaired) electrons. The van der Waals surface area contributed by atoms with Crippen LogP contribution in [-0.2, 0) is 6.42 Å². The number of nitrogens with zero attached hydrogens (tertiary/aromatic N) is 2. The smallest absolute Gasteiger partial charge is 0.145 e. The zero-order valence-corrected chi connectivity index (χ0v) is 20.0. The van der Waals surface area contributed by atoms with Crippen LogP contribution in [0.5, 0.6) is 0 Å². The van der Waals surface area contributed by atoms with Gasteiger partial charge in [0, 0.05) is 22.7 Å². The molecule has 2 heterocycles. The van der Waals surface area contributed by atoms with E-state index in [1.54, 1.807) is 12.1 Å². The number of hydrogen-bond donors (Lipinski definition) is 0. The van der Waals surface area contributed by atoms with Gasteiger partial charge in [-0.05, 0) is 91.6 Å². The quantitative estimate of drug-likeness (QED) is 0.192. The number of benzene rings is 3. The molecule has 0 aliphatic rings. The van der Waals surface area contributed by atoms with Gasteiger partial charge < -0.3 is 0 Å². The van der Waals surface area contributed by atoms with Crippen LogP contribution in [-0.4, -0.2) is 9.38 Å². The molecule has 0 fully saturated rings. The van der Waals surface area contributed by atoms with E-state index in [0.717, 1.165) is 40.2 Å². The summed E-state index contributed by atoms with van der Waals surface area (Å²) in [7, 11) is 0. The van der Waals surface area contributed by atoms with Crippen LogP contribution in [0, 0.1) is 26.6 Å². The third-order valence-electron chi connectivity index (χ3n) is 6.84. The van der Waals surface area contributed by atoms with Gasteiger partial charge in [-0.15, -0.1) is 0 Å². The van der Waals surface area contributed by atoms with Gasteiger partial charge in [0.25, 0.3) is 0 Å². The van der Waals surface area contributed by atoms with Gasteiger partial charge in [0.1, 0.15) is 11.5 Å². The molecule has 2 nitrogen and oxygen atoms in total. The minimum Gasteiger partial charge on any atom is -0.296 e. The van der Waals surface area contributed by atoms with E-state index in [1.165, 1.54) is 52.8 Å². The van der Waals surface area contributed by atoms with Crippen LogP contribution in [0.25, 0.3) is 38.4 Å². The fourth-order valence-corrected chi connectivity index (χ4v) is 5.43. The lowest BCUT2D eigenvalue weighted by atomic mass is 9.92. The van der Waals surface area contributed by atoms with Crippen LogP contribution < -0.4 is 0 Å². The lowest BCUT2D eigenvalue weighted by molar-refractivity contribution is 0.630. The van der Waals surface area contributed by atoms with E-state index in [0.29, 0.717) is 0 Å². The number of pyridine rings is 1. The van der Waals surface area contributed by atoms with E-state index in [9.17, 15) is 4.39 Å². The van der Waals surface area contributed by atoms with Crippen molar-refractivity contribution in [3.8, 4) is 11.1 Å². The highest BCUT2D eigenvalue weighted by molar-refractivity contribution is 6.12. The predicted octanol–water partition coefficient (Wildman–Crippen LogP) is 8.49. The van der Waals surface area contributed by atoms with Crippen molar-refractivity contribution in [2.24, 2.45) is 0 Å². The molecule has 3 aromatic carbocycles. The largest absolute Gasteiger partial charge is 0.296 e. The molecule has 3 heteroatoms. The zero-order chi connectivity index (χ0) is 23.1. The Bertz CT molecular complexity index is 1470. The third kappa shape index (κ3) is 3.80. The Labute approximate surface area is 195 Å². The normalized spacial score (nSPS) is 11.8. The number of hydrogen-bond acceptors (Lipinski definition) is 1. The molecule has 0 saturated heterocycles. The molecule has 2 aromatic heterocycles. The van der Waals surface area contributed by atoms with Crippen molar-refractivity contribution in [3.05, 3.63) is 82.9 Å². The summed E-state index contributed by atoms with van der Waals surface area (Å²) in [5.74, 6) is -0.215. The molecule has 0 saturated carbocycles. The molecule has 0 unspecified atom stereocenters. The molecule has 5 aromatic rings. The Kier molecular flexibility index (Phi) is 5.65. The minimum absolute atomic E-state index is 0.215. The van der Waals surface area contributed by atoms with Gasteiger partial charge in [-0.2, -0.15) is 0 Å². The Morgan fingerprint density at radius 2 is 1.61 bits per heavy atom. The summed E-state index contributed by atoms with van der Waals surface area (Å²) < 4.78 is 16.7. The Morgan fingerprint density at radius 3 is 2.36 bits per heavy atom. The van der Waals surface area contributed by atoms with Gasteiger partial charge >= 0.3 is 0 Å². The second-order valence-electron chi connectivity index (χ2n) is 9.41. The highest BCUT2D eigenvalue weighted by Gasteiger charge is 2.16. The van der Waals surface area contributed by atoms with Crippen molar-refractivity contribution in [3.63, 3.8) is 0 Å². The van der Waals surface area contributed by atoms with Crippen molar-refractivity contribution in [2.75, 3.05) is 0 Å². The van der Waals surface area contributed by atoms with Crippen LogP contribution in [0.1, 0.15) is 55.0 Å². The lowest BCUT2D eigenvalue weighted by Crippen LogP contribution is -1.98. The topological polar surface area (TPSA) is 17.3 Å². The first-order valence-electron chi connectivity index (χ1n) is 12.1. The second-order valence-corrected chi connectivity index (χ2v) is 9.41. The van der Waals surface area contributed by atoms with Crippen molar-refractivity contribution >= 4 is 27.3 Å². The van der Waals surface area contributed by atoms with Crippen LogP contribution in [0.2, 0.25) is 0 Å². The van der Waals surface area contributed by atoms with Gasteiger partial charge in [-0.3, -0.25) is 4.40 Å². The van der Waals surface area contributed by atoms with Gasteiger partial charge in [-0.1, -0.05) is 49.9 Å². The first kappa shape index (κ1) is 21.6. The maximum Gasteiger partial charge on any atom is 0.145 e. The number of unbranched alkanes of at least 4 members (excludes halogenated alkanes) is 3. The summed E-state index contributed by atoms with van der Waals surface area (Å²) in [4.78, 5) is 4.78. The zero-order valence-electron chi connectivity index (χ0n) is 20.0. The van der Waals surface area contributed by atoms with Crippen LogP contribution >= 0.6 is 0 Å². The molecule has 168 valence electrons. The fourth-order valence-electron chi connectivity index (χ4n) is 5.43. The summed E-state index contributed by atoms with van der Waals surface area (Å²) in [5.41, 5.74) is 9.48. The fraction of sp³-hybridized carbons (Fsp3) is 0.300. The average Bonchev–Trinajstić information content (AvgIpc) is 3.20. The molecular weight excluding hydrogens is 407 g/mol. The highest BCUT2D eigenvalue weighted by Crippen LogP contribution is 2.36. The summed E-state index contributed by atoms with van der Waals surface area (Å²) >= 11 is 0. The predicted molar refractivity (Wildman–Crippen MR) is 138 cm³/mol. The van der Waals surface area contributed by atoms with Gasteiger partial charge in [0.05, 0.1) is 5.52 Å². The first-order chi connectivity index (χ1) is 16.0. The van der Waals surface area contributed by atoms with Crippen molar-refractivity contribution < 1.29 is 4.39 Å². The average molecular weight is 439 g/mol. The Hall–Kier alpha value is -3.20. The van der Waals surface area contributed by atoms with Gasteiger partial charge in [-0.25, -0.2) is 9.37 Å². The van der Waals surface area contributed by atoms with E-state index in [2.05, 4.69) is 62.4 Å². The number of fused-ring (bicyclic) bond motifs is 6. The lowest BCUT2D eigenvalue weighted by Gasteiger charge is -2.15. The van der Waals surface area contributed by atoms with Gasteiger partial charge in [0.15, 0.2) is 0 Å². The number of rotatable bonds is 6. The molecule has 0 spiro atoms. The molecule has 0 bridgehead atoms. The van der Waals surface area contributed by atoms with E-state index in [4.69, 9.17) is 4.98 Å². The van der Waals surface area contributed by atoms with Crippen molar-refractivity contribution in [1.29, 1.82) is 0 Å². The maximum absolute atomic E-state index is 14.4. The monoisotopic (exact) mass is 438 g/mol. The van der Waals surface area contributed by atoms with E-state index < -0.39 is 0 Å². The van der Waals surface area contributed by atoms with Gasteiger partial charge in [0.2, 0.25) is 0 Å². The van der Waals surface area contributed by atoms with Crippen LogP contribution in [0.15, 0.2) is 54.7 Å². The maximum atomic E-state index is 14.4. The standard InChI is InChI=1S/C30H31FN2/c1-5-6-7-8-9-24-18-32-30-25-12-11-23(31)17-26(25)27-16-22(10-13-28(27)33(24)30)29-20(3)14-19(2)15-21(29)4/h10-18H,5-9H2,1-4H3. The molecule has 0 N–H and O–H groups in total. The number of imidazole rings is 1. The van der Waals surface area contributed by atoms with Crippen LogP contribution in [0.3, 0.4) is 0 Å². The second kappa shape index (κ2) is 8.62. The van der Waals surface area contributed by atoms with E-state index in [1.807, 2.05) is 12.3 Å². The SMILES string of the molecule is CCCCCCc1cnc2c3ccc(F)cc3c3cc(-c4c(C)cc(C)cc4C)ccc3n12. The molecular formula is C30H31FN2. The van der Waals surface area contributed by atoms with E-state index in [-0.39, 0.29) is 5.82 Å². The summed E-state index contributed by atoms with van der Waals surface area (Å²) in [5, 5.41) is 2.99. The van der Waals surface area contributed by atoms with E-state index >= 15 is 0 Å². The van der Waals surface area contributed by atoms with Crippen molar-refractivity contribution in [2.45, 2.75) is 59.8 Å². The molecule has 0 aliphatic heterocycles. The van der Waals surface area contributed by atoms with Crippen molar-refractivity contribution in [1.82, 2.24) is 9.38 Å². The molecule has 33 heavy (non-hydrogen) atoms. The summed E-state index contributed by atoms with van der Waals surface area (Å²) in [6, 6.07) is 16.2. The molecule has 0 aliphatic carbocycles. The molecule has 0 atom stereocenters. The first-order valence-corrected chi connectivity index (χ1v) is 12.1. The van der Waals surface area contributed by atoms with Crippen LogP contribution in [0.4, 0.5) is 4.39 Å². The highest BCUT2D eigenvalue weighted by atomic mass is 19.1. The summed E-state index contributed by atoms with van der Waals surface area (Å²) in [6.07, 6.45) is 7.89. The minimum atomic E-state index is -0.215. The molecule has 5 rings (SSSR count). The number of halogens is 1. The molecule has 0 amide bonds. The Morgan fingerprint density at radius 1 is 0.818 bits per heavy atom. The third-order valence-corrected chi connectivity index (χ3v) is 6.84. The number of aromatic nitrogens is 2. The Balaban J connectivity index is 1.78.